The number of hydrogen-bond acceptors (Lipinski definition) is 4. The molecule has 1 fully saturated rings. The second kappa shape index (κ2) is 6.85. The van der Waals surface area contributed by atoms with Crippen molar-refractivity contribution in [2.75, 3.05) is 32.8 Å². The third kappa shape index (κ3) is 3.18. The molecular weight excluding hydrogens is 250 g/mol. The van der Waals surface area contributed by atoms with Crippen molar-refractivity contribution < 1.29 is 4.74 Å². The summed E-state index contributed by atoms with van der Waals surface area (Å²) in [7, 11) is 0. The van der Waals surface area contributed by atoms with Gasteiger partial charge in [-0.15, -0.1) is 0 Å². The van der Waals surface area contributed by atoms with Crippen LogP contribution in [0.1, 0.15) is 19.4 Å². The first-order valence-corrected chi connectivity index (χ1v) is 7.25. The van der Waals surface area contributed by atoms with Crippen molar-refractivity contribution in [2.45, 2.75) is 25.4 Å². The third-order valence-corrected chi connectivity index (χ3v) is 3.88. The Kier molecular flexibility index (Phi) is 5.13. The molecule has 2 unspecified atom stereocenters. The first-order valence-electron chi connectivity index (χ1n) is 7.25. The second-order valence-corrected chi connectivity index (χ2v) is 5.31. The second-order valence-electron chi connectivity index (χ2n) is 5.31. The maximum atomic E-state index is 9.81. The van der Waals surface area contributed by atoms with Gasteiger partial charge in [-0.05, 0) is 19.0 Å². The molecule has 0 amide bonds. The van der Waals surface area contributed by atoms with Crippen LogP contribution in [0.15, 0.2) is 30.3 Å². The molecule has 1 aliphatic heterocycles. The molecule has 1 N–H and O–H groups in total. The van der Waals surface area contributed by atoms with E-state index in [-0.39, 0.29) is 0 Å². The van der Waals surface area contributed by atoms with Gasteiger partial charge in [-0.3, -0.25) is 10.2 Å². The molecule has 0 aliphatic carbocycles. The van der Waals surface area contributed by atoms with E-state index in [9.17, 15) is 5.26 Å². The number of rotatable bonds is 5. The van der Waals surface area contributed by atoms with Crippen LogP contribution in [-0.2, 0) is 10.3 Å². The first kappa shape index (κ1) is 15.0. The van der Waals surface area contributed by atoms with Crippen molar-refractivity contribution in [3.63, 3.8) is 0 Å². The zero-order valence-corrected chi connectivity index (χ0v) is 12.3. The van der Waals surface area contributed by atoms with Gasteiger partial charge in [0.2, 0.25) is 0 Å². The number of hydrogen-bond donors (Lipinski definition) is 1. The van der Waals surface area contributed by atoms with Crippen LogP contribution in [0.25, 0.3) is 0 Å². The summed E-state index contributed by atoms with van der Waals surface area (Å²) in [5.41, 5.74) is 0.379. The SMILES string of the molecule is CCNC(C#N)(CN1CCOCC1C)c1ccccc1. The number of morpholine rings is 1. The summed E-state index contributed by atoms with van der Waals surface area (Å²) < 4.78 is 5.48. The molecule has 0 bridgehead atoms. The van der Waals surface area contributed by atoms with Crippen molar-refractivity contribution >= 4 is 0 Å². The molecule has 1 aromatic carbocycles. The highest BCUT2D eigenvalue weighted by Gasteiger charge is 2.35. The van der Waals surface area contributed by atoms with E-state index < -0.39 is 5.54 Å². The molecule has 108 valence electrons. The average molecular weight is 273 g/mol. The average Bonchev–Trinajstić information content (AvgIpc) is 2.50. The molecule has 0 radical (unpaired) electrons. The highest BCUT2D eigenvalue weighted by molar-refractivity contribution is 5.32. The summed E-state index contributed by atoms with van der Waals surface area (Å²) in [6.45, 7) is 8.00. The Balaban J connectivity index is 2.25. The minimum absolute atomic E-state index is 0.346. The van der Waals surface area contributed by atoms with Gasteiger partial charge in [0, 0.05) is 19.1 Å². The Morgan fingerprint density at radius 1 is 1.45 bits per heavy atom. The smallest absolute Gasteiger partial charge is 0.145 e. The lowest BCUT2D eigenvalue weighted by molar-refractivity contribution is -0.00919. The molecule has 1 heterocycles. The molecule has 2 atom stereocenters. The van der Waals surface area contributed by atoms with E-state index in [1.807, 2.05) is 37.3 Å². The van der Waals surface area contributed by atoms with E-state index in [1.165, 1.54) is 0 Å². The van der Waals surface area contributed by atoms with Crippen molar-refractivity contribution in [3.05, 3.63) is 35.9 Å². The van der Waals surface area contributed by atoms with Gasteiger partial charge < -0.3 is 4.74 Å². The Morgan fingerprint density at radius 2 is 2.20 bits per heavy atom. The monoisotopic (exact) mass is 273 g/mol. The Labute approximate surface area is 121 Å². The zero-order chi connectivity index (χ0) is 14.4. The first-order chi connectivity index (χ1) is 9.72. The number of nitrogens with zero attached hydrogens (tertiary/aromatic N) is 2. The predicted octanol–water partition coefficient (Wildman–Crippen LogP) is 1.74. The zero-order valence-electron chi connectivity index (χ0n) is 12.3. The highest BCUT2D eigenvalue weighted by atomic mass is 16.5. The lowest BCUT2D eigenvalue weighted by atomic mass is 9.90. The topological polar surface area (TPSA) is 48.3 Å². The van der Waals surface area contributed by atoms with Gasteiger partial charge in [0.1, 0.15) is 5.54 Å². The van der Waals surface area contributed by atoms with Crippen LogP contribution in [0.2, 0.25) is 0 Å². The van der Waals surface area contributed by atoms with Crippen LogP contribution in [0.3, 0.4) is 0 Å². The fraction of sp³-hybridized carbons (Fsp3) is 0.562. The number of ether oxygens (including phenoxy) is 1. The van der Waals surface area contributed by atoms with E-state index in [2.05, 4.69) is 23.2 Å². The molecule has 0 aromatic heterocycles. The van der Waals surface area contributed by atoms with E-state index in [0.717, 1.165) is 31.9 Å². The normalized spacial score (nSPS) is 22.9. The molecular formula is C16H23N3O. The summed E-state index contributed by atoms with van der Waals surface area (Å²) in [5, 5.41) is 13.2. The van der Waals surface area contributed by atoms with Gasteiger partial charge in [-0.25, -0.2) is 0 Å². The molecule has 1 aliphatic rings. The van der Waals surface area contributed by atoms with Gasteiger partial charge in [0.05, 0.1) is 19.3 Å². The van der Waals surface area contributed by atoms with Crippen molar-refractivity contribution in [1.82, 2.24) is 10.2 Å². The largest absolute Gasteiger partial charge is 0.379 e. The maximum absolute atomic E-state index is 9.81. The van der Waals surface area contributed by atoms with Crippen LogP contribution in [0.4, 0.5) is 0 Å². The summed E-state index contributed by atoms with van der Waals surface area (Å²) in [6.07, 6.45) is 0. The number of likely N-dealkylation sites (N-methyl/N-ethyl adjacent to an activating group) is 1. The third-order valence-electron chi connectivity index (χ3n) is 3.88. The van der Waals surface area contributed by atoms with E-state index in [4.69, 9.17) is 4.74 Å². The molecule has 1 saturated heterocycles. The minimum atomic E-state index is -0.651. The number of nitriles is 1. The van der Waals surface area contributed by atoms with Crippen LogP contribution >= 0.6 is 0 Å². The molecule has 0 saturated carbocycles. The summed E-state index contributed by atoms with van der Waals surface area (Å²) in [6, 6.07) is 12.9. The van der Waals surface area contributed by atoms with Crippen LogP contribution < -0.4 is 5.32 Å². The van der Waals surface area contributed by atoms with Crippen molar-refractivity contribution in [3.8, 4) is 6.07 Å². The van der Waals surface area contributed by atoms with E-state index in [0.29, 0.717) is 12.6 Å². The van der Waals surface area contributed by atoms with E-state index >= 15 is 0 Å². The predicted molar refractivity (Wildman–Crippen MR) is 79.3 cm³/mol. The minimum Gasteiger partial charge on any atom is -0.379 e. The lowest BCUT2D eigenvalue weighted by Gasteiger charge is -2.39. The molecule has 4 nitrogen and oxygen atoms in total. The van der Waals surface area contributed by atoms with Crippen LogP contribution in [0, 0.1) is 11.3 Å². The van der Waals surface area contributed by atoms with Gasteiger partial charge in [0.15, 0.2) is 0 Å². The van der Waals surface area contributed by atoms with Gasteiger partial charge >= 0.3 is 0 Å². The fourth-order valence-corrected chi connectivity index (χ4v) is 2.71. The lowest BCUT2D eigenvalue weighted by Crippen LogP contribution is -2.55. The summed E-state index contributed by atoms with van der Waals surface area (Å²) >= 11 is 0. The van der Waals surface area contributed by atoms with Crippen LogP contribution in [0.5, 0.6) is 0 Å². The molecule has 20 heavy (non-hydrogen) atoms. The highest BCUT2D eigenvalue weighted by Crippen LogP contribution is 2.23. The van der Waals surface area contributed by atoms with E-state index in [1.54, 1.807) is 0 Å². The fourth-order valence-electron chi connectivity index (χ4n) is 2.71. The molecule has 0 spiro atoms. The summed E-state index contributed by atoms with van der Waals surface area (Å²) in [4.78, 5) is 2.34. The van der Waals surface area contributed by atoms with Crippen molar-refractivity contribution in [2.24, 2.45) is 0 Å². The van der Waals surface area contributed by atoms with Gasteiger partial charge in [-0.2, -0.15) is 5.26 Å². The quantitative estimate of drug-likeness (QED) is 0.887. The Morgan fingerprint density at radius 3 is 2.80 bits per heavy atom. The molecule has 2 rings (SSSR count). The molecule has 4 heteroatoms. The Bertz CT molecular complexity index is 457. The van der Waals surface area contributed by atoms with Crippen molar-refractivity contribution in [1.29, 1.82) is 5.26 Å². The summed E-state index contributed by atoms with van der Waals surface area (Å²) in [5.74, 6) is 0. The number of benzene rings is 1. The standard InChI is InChI=1S/C16H23N3O/c1-3-18-16(12-17,15-7-5-4-6-8-15)13-19-9-10-20-11-14(19)2/h4-8,14,18H,3,9-11,13H2,1-2H3. The van der Waals surface area contributed by atoms with Crippen LogP contribution in [-0.4, -0.2) is 43.8 Å². The Hall–Kier alpha value is -1.41. The maximum Gasteiger partial charge on any atom is 0.145 e. The van der Waals surface area contributed by atoms with Gasteiger partial charge in [-0.1, -0.05) is 37.3 Å². The number of nitrogens with one attached hydrogen (secondary N) is 1. The molecule has 1 aromatic rings. The van der Waals surface area contributed by atoms with Gasteiger partial charge in [0.25, 0.3) is 0 Å².